The number of rotatable bonds is 6. The number of hydrogen-bond acceptors (Lipinski definition) is 6. The van der Waals surface area contributed by atoms with Crippen LogP contribution in [-0.4, -0.2) is 28.0 Å². The Hall–Kier alpha value is -3.27. The molecule has 0 spiro atoms. The van der Waals surface area contributed by atoms with Crippen molar-refractivity contribution in [2.45, 2.75) is 14.0 Å². The molecule has 5 rings (SSSR count). The van der Waals surface area contributed by atoms with Crippen molar-refractivity contribution in [3.8, 4) is 5.75 Å². The summed E-state index contributed by atoms with van der Waals surface area (Å²) >= 11 is 2.81. The highest BCUT2D eigenvalue weighted by Gasteiger charge is 2.28. The van der Waals surface area contributed by atoms with Gasteiger partial charge in [-0.05, 0) is 60.0 Å². The van der Waals surface area contributed by atoms with Gasteiger partial charge in [0, 0.05) is 16.8 Å². The van der Waals surface area contributed by atoms with Gasteiger partial charge in [-0.25, -0.2) is 8.42 Å². The summed E-state index contributed by atoms with van der Waals surface area (Å²) < 4.78 is 32.7. The molecule has 0 saturated carbocycles. The highest BCUT2D eigenvalue weighted by molar-refractivity contribution is 7.99. The van der Waals surface area contributed by atoms with Crippen molar-refractivity contribution < 1.29 is 17.9 Å². The number of benzene rings is 3. The van der Waals surface area contributed by atoms with Gasteiger partial charge in [-0.15, -0.1) is 11.3 Å². The van der Waals surface area contributed by atoms with Gasteiger partial charge in [-0.2, -0.15) is 0 Å². The second-order valence-corrected chi connectivity index (χ2v) is 11.7. The van der Waals surface area contributed by atoms with Gasteiger partial charge in [0.15, 0.2) is 6.61 Å². The minimum atomic E-state index is -3.61. The maximum Gasteiger partial charge on any atom is 0.273 e. The number of para-hydroxylation sites is 2. The predicted octanol–water partition coefficient (Wildman–Crippen LogP) is 5.78. The zero-order chi connectivity index (χ0) is 23.7. The van der Waals surface area contributed by atoms with Crippen LogP contribution in [0.25, 0.3) is 0 Å². The van der Waals surface area contributed by atoms with Crippen LogP contribution in [0.5, 0.6) is 5.75 Å². The standard InChI is InChI=1S/C25H20N2O4S3/c1-26(34(29,30)25-11-6-16-32-25)18-12-14-19(15-13-18)31-17-24(28)27-20-7-2-4-9-22(20)33-23-10-5-3-8-21(23)27/h2-16H,17H2,1H3. The second-order valence-electron chi connectivity index (χ2n) is 7.45. The van der Waals surface area contributed by atoms with Crippen LogP contribution >= 0.6 is 23.1 Å². The van der Waals surface area contributed by atoms with Crippen LogP contribution in [-0.2, 0) is 14.8 Å². The van der Waals surface area contributed by atoms with Crippen LogP contribution in [0.4, 0.5) is 17.1 Å². The molecule has 1 aliphatic rings. The largest absolute Gasteiger partial charge is 0.484 e. The fourth-order valence-corrected chi connectivity index (χ4v) is 7.03. The molecule has 2 heterocycles. The lowest BCUT2D eigenvalue weighted by Gasteiger charge is -2.30. The zero-order valence-electron chi connectivity index (χ0n) is 18.1. The van der Waals surface area contributed by atoms with E-state index in [1.807, 2.05) is 48.5 Å². The maximum atomic E-state index is 13.2. The number of fused-ring (bicyclic) bond motifs is 2. The number of carbonyl (C=O) groups excluding carboxylic acids is 1. The molecular formula is C25H20N2O4S3. The van der Waals surface area contributed by atoms with Crippen molar-refractivity contribution in [3.05, 3.63) is 90.3 Å². The van der Waals surface area contributed by atoms with Crippen LogP contribution in [0.1, 0.15) is 0 Å². The van der Waals surface area contributed by atoms with E-state index >= 15 is 0 Å². The lowest BCUT2D eigenvalue weighted by Crippen LogP contribution is -2.32. The Balaban J connectivity index is 1.31. The van der Waals surface area contributed by atoms with E-state index in [0.29, 0.717) is 11.4 Å². The van der Waals surface area contributed by atoms with Crippen LogP contribution in [0, 0.1) is 0 Å². The van der Waals surface area contributed by atoms with Gasteiger partial charge in [-0.3, -0.25) is 14.0 Å². The summed E-state index contributed by atoms with van der Waals surface area (Å²) in [4.78, 5) is 16.9. The fourth-order valence-electron chi connectivity index (χ4n) is 3.62. The van der Waals surface area contributed by atoms with Gasteiger partial charge >= 0.3 is 0 Å². The molecule has 4 aromatic rings. The summed E-state index contributed by atoms with van der Waals surface area (Å²) in [5.41, 5.74) is 2.16. The van der Waals surface area contributed by atoms with Gasteiger partial charge in [0.1, 0.15) is 9.96 Å². The van der Waals surface area contributed by atoms with Crippen molar-refractivity contribution in [3.63, 3.8) is 0 Å². The van der Waals surface area contributed by atoms with Crippen molar-refractivity contribution in [1.29, 1.82) is 0 Å². The molecule has 6 nitrogen and oxygen atoms in total. The fraction of sp³-hybridized carbons (Fsp3) is 0.0800. The molecule has 172 valence electrons. The predicted molar refractivity (Wildman–Crippen MR) is 136 cm³/mol. The molecule has 0 atom stereocenters. The molecule has 1 amide bonds. The number of sulfonamides is 1. The Morgan fingerprint density at radius 2 is 1.50 bits per heavy atom. The summed E-state index contributed by atoms with van der Waals surface area (Å²) in [5.74, 6) is 0.286. The second kappa shape index (κ2) is 9.17. The maximum absolute atomic E-state index is 13.2. The van der Waals surface area contributed by atoms with Crippen LogP contribution in [0.15, 0.2) is 104 Å². The summed E-state index contributed by atoms with van der Waals surface area (Å²) in [5, 5.41) is 1.73. The van der Waals surface area contributed by atoms with E-state index in [9.17, 15) is 13.2 Å². The van der Waals surface area contributed by atoms with E-state index in [2.05, 4.69) is 0 Å². The van der Waals surface area contributed by atoms with Gasteiger partial charge in [-0.1, -0.05) is 42.1 Å². The molecule has 3 aromatic carbocycles. The van der Waals surface area contributed by atoms with Gasteiger partial charge < -0.3 is 4.74 Å². The average molecular weight is 509 g/mol. The summed E-state index contributed by atoms with van der Waals surface area (Å²) in [6.07, 6.45) is 0. The number of hydrogen-bond donors (Lipinski definition) is 0. The van der Waals surface area contributed by atoms with Gasteiger partial charge in [0.2, 0.25) is 0 Å². The number of nitrogens with zero attached hydrogens (tertiary/aromatic N) is 2. The molecule has 9 heteroatoms. The first kappa shape index (κ1) is 22.5. The lowest BCUT2D eigenvalue weighted by molar-refractivity contribution is -0.119. The molecule has 0 N–H and O–H groups in total. The molecule has 0 bridgehead atoms. The minimum Gasteiger partial charge on any atom is -0.484 e. The Kier molecular flexibility index (Phi) is 6.07. The normalized spacial score (nSPS) is 12.6. The van der Waals surface area contributed by atoms with Crippen molar-refractivity contribution in [1.82, 2.24) is 0 Å². The van der Waals surface area contributed by atoms with E-state index in [1.165, 1.54) is 22.7 Å². The third-order valence-corrected chi connectivity index (χ3v) is 9.64. The molecule has 0 saturated heterocycles. The van der Waals surface area contributed by atoms with E-state index in [1.54, 1.807) is 58.4 Å². The van der Waals surface area contributed by atoms with Crippen LogP contribution in [0.2, 0.25) is 0 Å². The van der Waals surface area contributed by atoms with Crippen molar-refractivity contribution >= 4 is 56.1 Å². The van der Waals surface area contributed by atoms with Crippen LogP contribution < -0.4 is 13.9 Å². The monoisotopic (exact) mass is 508 g/mol. The first-order valence-corrected chi connectivity index (χ1v) is 13.5. The number of anilines is 3. The SMILES string of the molecule is CN(c1ccc(OCC(=O)N2c3ccccc3Sc3ccccc32)cc1)S(=O)(=O)c1cccs1. The van der Waals surface area contributed by atoms with Crippen LogP contribution in [0.3, 0.4) is 0 Å². The highest BCUT2D eigenvalue weighted by Crippen LogP contribution is 2.47. The minimum absolute atomic E-state index is 0.157. The Morgan fingerprint density at radius 3 is 2.09 bits per heavy atom. The summed E-state index contributed by atoms with van der Waals surface area (Å²) in [7, 11) is -2.10. The van der Waals surface area contributed by atoms with Gasteiger partial charge in [0.05, 0.1) is 17.1 Å². The zero-order valence-corrected chi connectivity index (χ0v) is 20.6. The number of thiophene rings is 1. The summed E-state index contributed by atoms with van der Waals surface area (Å²) in [6, 6.07) is 25.5. The first-order valence-electron chi connectivity index (χ1n) is 10.4. The Labute approximate surface area is 206 Å². The van der Waals surface area contributed by atoms with E-state index in [0.717, 1.165) is 21.2 Å². The van der Waals surface area contributed by atoms with E-state index in [-0.39, 0.29) is 16.7 Å². The van der Waals surface area contributed by atoms with E-state index in [4.69, 9.17) is 4.74 Å². The molecule has 34 heavy (non-hydrogen) atoms. The first-order chi connectivity index (χ1) is 16.4. The lowest BCUT2D eigenvalue weighted by atomic mass is 10.2. The quantitative estimate of drug-likeness (QED) is 0.330. The topological polar surface area (TPSA) is 66.9 Å². The Morgan fingerprint density at radius 1 is 0.882 bits per heavy atom. The number of ether oxygens (including phenoxy) is 1. The third-order valence-electron chi connectivity index (χ3n) is 5.35. The number of amides is 1. The molecule has 0 aliphatic carbocycles. The molecule has 0 fully saturated rings. The summed E-state index contributed by atoms with van der Waals surface area (Å²) in [6.45, 7) is -0.157. The third kappa shape index (κ3) is 4.18. The molecule has 1 aromatic heterocycles. The van der Waals surface area contributed by atoms with Crippen molar-refractivity contribution in [2.24, 2.45) is 0 Å². The van der Waals surface area contributed by atoms with Crippen molar-refractivity contribution in [2.75, 3.05) is 22.9 Å². The average Bonchev–Trinajstić information content (AvgIpc) is 3.42. The highest BCUT2D eigenvalue weighted by atomic mass is 32.2. The Bertz CT molecular complexity index is 1390. The van der Waals surface area contributed by atoms with Gasteiger partial charge in [0.25, 0.3) is 15.9 Å². The number of carbonyl (C=O) groups is 1. The smallest absolute Gasteiger partial charge is 0.273 e. The molecule has 0 radical (unpaired) electrons. The van der Waals surface area contributed by atoms with E-state index < -0.39 is 10.0 Å². The molecule has 1 aliphatic heterocycles. The molecule has 0 unspecified atom stereocenters. The molecular weight excluding hydrogens is 488 g/mol.